The minimum atomic E-state index is -0.814. The van der Waals surface area contributed by atoms with Gasteiger partial charge in [-0.25, -0.2) is 0 Å². The van der Waals surface area contributed by atoms with Crippen LogP contribution in [-0.4, -0.2) is 32.4 Å². The van der Waals surface area contributed by atoms with Gasteiger partial charge in [0, 0.05) is 5.41 Å². The highest BCUT2D eigenvalue weighted by Crippen LogP contribution is 2.66. The van der Waals surface area contributed by atoms with Crippen LogP contribution in [0.15, 0.2) is 121 Å². The van der Waals surface area contributed by atoms with Gasteiger partial charge in [0.1, 0.15) is 11.5 Å². The molecule has 522 valence electrons. The predicted molar refractivity (Wildman–Crippen MR) is 394 cm³/mol. The van der Waals surface area contributed by atoms with Crippen LogP contribution in [0.4, 0.5) is 0 Å². The lowest BCUT2D eigenvalue weighted by atomic mass is 9.45. The lowest BCUT2D eigenvalue weighted by molar-refractivity contribution is -0.176. The van der Waals surface area contributed by atoms with E-state index in [1.54, 1.807) is 24.3 Å². The summed E-state index contributed by atoms with van der Waals surface area (Å²) in [6.45, 7) is 28.5. The molecule has 6 aromatic rings. The van der Waals surface area contributed by atoms with Crippen molar-refractivity contribution >= 4 is 33.5 Å². The Morgan fingerprint density at radius 3 is 1.19 bits per heavy atom. The summed E-state index contributed by atoms with van der Waals surface area (Å²) in [4.78, 5) is 24.2. The first-order valence-corrected chi connectivity index (χ1v) is 38.1. The largest absolute Gasteiger partial charge is 0.426 e. The molecule has 9 atom stereocenters. The lowest BCUT2D eigenvalue weighted by Gasteiger charge is -2.61. The van der Waals surface area contributed by atoms with Gasteiger partial charge in [-0.05, 0) is 315 Å². The van der Waals surface area contributed by atoms with Crippen molar-refractivity contribution in [2.75, 3.05) is 0 Å². The molecule has 96 heavy (non-hydrogen) atoms. The Hall–Kier alpha value is -5.38. The molecule has 8 saturated carbocycles. The van der Waals surface area contributed by atoms with E-state index in [2.05, 4.69) is 107 Å². The lowest BCUT2D eigenvalue weighted by Crippen LogP contribution is -2.55. The maximum Gasteiger partial charge on any atom is 0.316 e. The highest BCUT2D eigenvalue weighted by atomic mass is 16.5. The number of hydrogen-bond acceptors (Lipinski definition) is 8. The quantitative estimate of drug-likeness (QED) is 0.0494. The van der Waals surface area contributed by atoms with E-state index in [1.807, 2.05) is 86.6 Å². The van der Waals surface area contributed by atoms with Crippen molar-refractivity contribution < 1.29 is 39.5 Å². The molecule has 0 heterocycles. The zero-order valence-corrected chi connectivity index (χ0v) is 61.5. The summed E-state index contributed by atoms with van der Waals surface area (Å²) in [5.74, 6) is 7.10. The number of rotatable bonds is 18. The number of carbonyl (C=O) groups is 2. The summed E-state index contributed by atoms with van der Waals surface area (Å²) in [6.07, 6.45) is 27.4. The third-order valence-electron chi connectivity index (χ3n) is 26.5. The summed E-state index contributed by atoms with van der Waals surface area (Å²) in [5.41, 5.74) is 2.99. The molecule has 6 aromatic carbocycles. The van der Waals surface area contributed by atoms with Crippen molar-refractivity contribution in [2.45, 2.75) is 279 Å². The van der Waals surface area contributed by atoms with Gasteiger partial charge in [0.25, 0.3) is 0 Å². The Kier molecular flexibility index (Phi) is 22.8. The Morgan fingerprint density at radius 2 is 0.802 bits per heavy atom. The second kappa shape index (κ2) is 29.8. The van der Waals surface area contributed by atoms with Gasteiger partial charge in [0.2, 0.25) is 0 Å². The van der Waals surface area contributed by atoms with Crippen LogP contribution in [-0.2, 0) is 32.0 Å². The molecule has 0 saturated heterocycles. The van der Waals surface area contributed by atoms with Crippen molar-refractivity contribution in [1.29, 1.82) is 0 Å². The molecule has 14 rings (SSSR count). The van der Waals surface area contributed by atoms with Crippen LogP contribution in [0, 0.1) is 63.6 Å². The van der Waals surface area contributed by atoms with Crippen LogP contribution in [0.1, 0.15) is 290 Å². The van der Waals surface area contributed by atoms with E-state index in [0.717, 1.165) is 90.4 Å². The first-order valence-electron chi connectivity index (χ1n) is 38.1. The molecule has 8 aliphatic carbocycles. The number of aliphatic hydroxyl groups is 4. The fourth-order valence-corrected chi connectivity index (χ4v) is 18.5. The molecule has 0 aliphatic heterocycles. The first-order chi connectivity index (χ1) is 45.4. The van der Waals surface area contributed by atoms with Gasteiger partial charge in [0.05, 0.1) is 33.2 Å². The van der Waals surface area contributed by atoms with E-state index in [9.17, 15) is 30.0 Å². The first kappa shape index (κ1) is 73.3. The van der Waals surface area contributed by atoms with Gasteiger partial charge >= 0.3 is 11.9 Å². The molecule has 0 aromatic heterocycles. The number of esters is 2. The minimum Gasteiger partial charge on any atom is -0.426 e. The number of hydrogen-bond donors (Lipinski definition) is 4. The van der Waals surface area contributed by atoms with E-state index in [-0.39, 0.29) is 17.4 Å². The smallest absolute Gasteiger partial charge is 0.316 e. The van der Waals surface area contributed by atoms with Gasteiger partial charge in [-0.15, -0.1) is 0 Å². The number of ether oxygens (including phenoxy) is 2. The van der Waals surface area contributed by atoms with Crippen molar-refractivity contribution in [3.63, 3.8) is 0 Å². The van der Waals surface area contributed by atoms with Gasteiger partial charge < -0.3 is 29.9 Å². The highest BCUT2D eigenvalue weighted by molar-refractivity contribution is 5.85. The zero-order valence-electron chi connectivity index (χ0n) is 61.5. The molecule has 0 amide bonds. The Labute approximate surface area is 578 Å². The minimum absolute atomic E-state index is 0.103. The molecule has 8 nitrogen and oxygen atoms in total. The zero-order chi connectivity index (χ0) is 69.2. The SMILES string of the molecule is CCC(C)(C)C(=O)Oc1ccc(C(C)(O)C2CCCC2)cc1.CCC(C)(C)C(=O)Oc1ccc(C(C)(O)C2CCCCC2)cc1.CCC(C)c1ccc2cc(C(C)(O)C34CC5CC(CC(C5)C3)C4)ccc2c1.CCC(C)c1ccc2cc(C(C)(O)C3CC4CCC3C4)ccc2c1. The van der Waals surface area contributed by atoms with Gasteiger partial charge in [0.15, 0.2) is 0 Å². The Morgan fingerprint density at radius 1 is 0.427 bits per heavy atom. The van der Waals surface area contributed by atoms with E-state index < -0.39 is 33.2 Å². The maximum absolute atomic E-state index is 12.1. The highest BCUT2D eigenvalue weighted by Gasteiger charge is 2.59. The van der Waals surface area contributed by atoms with E-state index in [4.69, 9.17) is 9.47 Å². The second-order valence-electron chi connectivity index (χ2n) is 33.9. The van der Waals surface area contributed by atoms with Crippen molar-refractivity contribution in [3.05, 3.63) is 155 Å². The molecule has 6 bridgehead atoms. The Balaban J connectivity index is 0.000000140. The van der Waals surface area contributed by atoms with Crippen molar-refractivity contribution in [2.24, 2.45) is 63.6 Å². The maximum atomic E-state index is 12.1. The summed E-state index contributed by atoms with van der Waals surface area (Å²) in [7, 11) is 0. The van der Waals surface area contributed by atoms with Crippen molar-refractivity contribution in [1.82, 2.24) is 0 Å². The summed E-state index contributed by atoms with van der Waals surface area (Å²) < 4.78 is 10.9. The molecular weight excluding hydrogens is 1180 g/mol. The fourth-order valence-electron chi connectivity index (χ4n) is 18.5. The molecular formula is C88H122O8. The molecule has 8 aliphatic rings. The predicted octanol–water partition coefficient (Wildman–Crippen LogP) is 22.0. The normalized spacial score (nSPS) is 26.3. The molecule has 0 spiro atoms. The van der Waals surface area contributed by atoms with E-state index >= 15 is 0 Å². The van der Waals surface area contributed by atoms with Crippen LogP contribution in [0.5, 0.6) is 11.5 Å². The van der Waals surface area contributed by atoms with Crippen LogP contribution in [0.25, 0.3) is 21.5 Å². The monoisotopic (exact) mass is 1310 g/mol. The third kappa shape index (κ3) is 15.9. The van der Waals surface area contributed by atoms with E-state index in [1.165, 1.54) is 142 Å². The van der Waals surface area contributed by atoms with E-state index in [0.29, 0.717) is 41.1 Å². The summed E-state index contributed by atoms with van der Waals surface area (Å²) in [6, 6.07) is 41.7. The molecule has 8 heteroatoms. The fraction of sp³-hybridized carbons (Fsp3) is 0.614. The molecule has 4 N–H and O–H groups in total. The number of carbonyl (C=O) groups excluding carboxylic acids is 2. The molecule has 8 fully saturated rings. The third-order valence-corrected chi connectivity index (χ3v) is 26.5. The number of benzene rings is 6. The average molecular weight is 1310 g/mol. The molecule has 0 radical (unpaired) electrons. The van der Waals surface area contributed by atoms with Crippen LogP contribution < -0.4 is 9.47 Å². The topological polar surface area (TPSA) is 134 Å². The van der Waals surface area contributed by atoms with Gasteiger partial charge in [-0.1, -0.05) is 165 Å². The second-order valence-corrected chi connectivity index (χ2v) is 33.9. The van der Waals surface area contributed by atoms with Crippen LogP contribution in [0.2, 0.25) is 0 Å². The van der Waals surface area contributed by atoms with Crippen LogP contribution in [0.3, 0.4) is 0 Å². The van der Waals surface area contributed by atoms with Crippen molar-refractivity contribution in [3.8, 4) is 11.5 Å². The standard InChI is InChI=1S/C26H34O.C23H30O.C20H30O3.C19H28O3/c1-4-17(2)21-5-6-23-13-24(8-7-22(23)12-21)25(3,27)26-14-18-9-19(15-26)11-20(10-18)16-26;1-4-15(2)17-7-8-19-14-21(10-9-18(19)13-17)23(3,24)22-12-16-5-6-20(22)11-16;1-5-19(2,3)18(21)23-17-13-11-16(12-14-17)20(4,22)15-9-7-6-8-10-15;1-5-18(2,3)17(20)22-16-12-10-15(11-13-16)19(4,21)14-8-6-7-9-14/h5-8,12-13,17-20,27H,4,9-11,14-16H2,1-3H3;7-10,13-16,20,22,24H,4-6,11-12H2,1-3H3;11-15,22H,5-10H2,1-4H3;10-14,21H,5-9H2,1-4H3. The summed E-state index contributed by atoms with van der Waals surface area (Å²) in [5, 5.41) is 50.1. The number of fused-ring (bicyclic) bond motifs is 4. The Bertz CT molecular complexity index is 3540. The average Bonchev–Trinajstić information content (AvgIpc) is 0.749. The van der Waals surface area contributed by atoms with Crippen LogP contribution >= 0.6 is 0 Å². The van der Waals surface area contributed by atoms with Gasteiger partial charge in [-0.3, -0.25) is 9.59 Å². The summed E-state index contributed by atoms with van der Waals surface area (Å²) >= 11 is 0. The van der Waals surface area contributed by atoms with Gasteiger partial charge in [-0.2, -0.15) is 0 Å². The molecule has 9 unspecified atom stereocenters.